The van der Waals surface area contributed by atoms with Crippen LogP contribution in [0.1, 0.15) is 50.7 Å². The summed E-state index contributed by atoms with van der Waals surface area (Å²) in [5.74, 6) is 1.98. The molecule has 0 radical (unpaired) electrons. The van der Waals surface area contributed by atoms with Crippen LogP contribution in [-0.2, 0) is 13.0 Å². The highest BCUT2D eigenvalue weighted by Gasteiger charge is 2.22. The van der Waals surface area contributed by atoms with E-state index in [9.17, 15) is 0 Å². The van der Waals surface area contributed by atoms with Gasteiger partial charge in [-0.3, -0.25) is 0 Å². The molecule has 2 atom stereocenters. The quantitative estimate of drug-likeness (QED) is 0.692. The topological polar surface area (TPSA) is 92.9 Å². The van der Waals surface area contributed by atoms with Crippen molar-refractivity contribution in [3.05, 3.63) is 36.0 Å². The summed E-state index contributed by atoms with van der Waals surface area (Å²) in [5.41, 5.74) is 2.95. The van der Waals surface area contributed by atoms with Gasteiger partial charge in [0.05, 0.1) is 6.20 Å². The Kier molecular flexibility index (Phi) is 5.13. The van der Waals surface area contributed by atoms with Crippen molar-refractivity contribution in [1.82, 2.24) is 29.5 Å². The Hall–Kier alpha value is -2.77. The maximum atomic E-state index is 4.76. The fraction of sp³-hybridized carbons (Fsp3) is 0.526. The van der Waals surface area contributed by atoms with Crippen LogP contribution in [-0.4, -0.2) is 35.6 Å². The average Bonchev–Trinajstić information content (AvgIpc) is 3.12. The average molecular weight is 366 g/mol. The second-order valence-electron chi connectivity index (χ2n) is 7.24. The summed E-state index contributed by atoms with van der Waals surface area (Å²) in [6.45, 7) is 5.00. The minimum atomic E-state index is 0.421. The van der Waals surface area contributed by atoms with Gasteiger partial charge in [0.2, 0.25) is 11.9 Å². The number of nitrogens with one attached hydrogen (secondary N) is 2. The molecule has 2 N–H and O–H groups in total. The van der Waals surface area contributed by atoms with Crippen molar-refractivity contribution in [2.75, 3.05) is 10.6 Å². The van der Waals surface area contributed by atoms with E-state index in [1.807, 2.05) is 6.20 Å². The van der Waals surface area contributed by atoms with Crippen LogP contribution in [0.5, 0.6) is 0 Å². The molecule has 27 heavy (non-hydrogen) atoms. The molecule has 8 heteroatoms. The third-order valence-corrected chi connectivity index (χ3v) is 5.31. The zero-order chi connectivity index (χ0) is 18.6. The maximum absolute atomic E-state index is 4.76. The number of hydrogen-bond donors (Lipinski definition) is 2. The van der Waals surface area contributed by atoms with Gasteiger partial charge in [0.1, 0.15) is 6.33 Å². The molecule has 0 aliphatic heterocycles. The SMILES string of the molecule is CCc1cnn2c(NCc3cncnc3)nc(N[C@H]3CCCC[C@H]3C)nc12. The monoisotopic (exact) mass is 366 g/mol. The molecule has 3 aromatic rings. The summed E-state index contributed by atoms with van der Waals surface area (Å²) in [6.07, 6.45) is 12.9. The number of anilines is 2. The molecule has 0 saturated heterocycles. The molecule has 3 aromatic heterocycles. The molecule has 0 unspecified atom stereocenters. The van der Waals surface area contributed by atoms with Crippen molar-refractivity contribution in [2.45, 2.75) is 58.5 Å². The van der Waals surface area contributed by atoms with Crippen molar-refractivity contribution < 1.29 is 0 Å². The lowest BCUT2D eigenvalue weighted by molar-refractivity contribution is 0.348. The second-order valence-corrected chi connectivity index (χ2v) is 7.24. The highest BCUT2D eigenvalue weighted by Crippen LogP contribution is 2.26. The molecule has 142 valence electrons. The van der Waals surface area contributed by atoms with Crippen molar-refractivity contribution in [3.63, 3.8) is 0 Å². The van der Waals surface area contributed by atoms with Gasteiger partial charge in [-0.15, -0.1) is 0 Å². The van der Waals surface area contributed by atoms with Gasteiger partial charge in [0, 0.05) is 36.1 Å². The second kappa shape index (κ2) is 7.85. The normalized spacial score (nSPS) is 19.9. The fourth-order valence-electron chi connectivity index (χ4n) is 3.65. The van der Waals surface area contributed by atoms with E-state index in [1.54, 1.807) is 16.9 Å². The number of hydrogen-bond acceptors (Lipinski definition) is 7. The van der Waals surface area contributed by atoms with E-state index in [0.29, 0.717) is 30.4 Å². The summed E-state index contributed by atoms with van der Waals surface area (Å²) in [5, 5.41) is 11.4. The predicted octanol–water partition coefficient (Wildman–Crippen LogP) is 3.08. The van der Waals surface area contributed by atoms with Gasteiger partial charge in [-0.2, -0.15) is 19.6 Å². The summed E-state index contributed by atoms with van der Waals surface area (Å²) in [4.78, 5) is 17.6. The van der Waals surface area contributed by atoms with Gasteiger partial charge in [0.25, 0.3) is 0 Å². The fourth-order valence-corrected chi connectivity index (χ4v) is 3.65. The van der Waals surface area contributed by atoms with Crippen molar-refractivity contribution in [2.24, 2.45) is 5.92 Å². The largest absolute Gasteiger partial charge is 0.351 e. The summed E-state index contributed by atoms with van der Waals surface area (Å²) in [6, 6.07) is 0.421. The molecular weight excluding hydrogens is 340 g/mol. The highest BCUT2D eigenvalue weighted by atomic mass is 15.4. The van der Waals surface area contributed by atoms with E-state index in [0.717, 1.165) is 23.2 Å². The van der Waals surface area contributed by atoms with Crippen molar-refractivity contribution >= 4 is 17.5 Å². The van der Waals surface area contributed by atoms with Gasteiger partial charge in [0.15, 0.2) is 5.65 Å². The first-order valence-electron chi connectivity index (χ1n) is 9.73. The smallest absolute Gasteiger partial charge is 0.229 e. The van der Waals surface area contributed by atoms with Crippen LogP contribution in [0.2, 0.25) is 0 Å². The first-order chi connectivity index (χ1) is 13.2. The van der Waals surface area contributed by atoms with E-state index < -0.39 is 0 Å². The number of rotatable bonds is 6. The molecule has 8 nitrogen and oxygen atoms in total. The minimum absolute atomic E-state index is 0.421. The van der Waals surface area contributed by atoms with E-state index >= 15 is 0 Å². The molecule has 3 heterocycles. The first kappa shape index (κ1) is 17.6. The van der Waals surface area contributed by atoms with Gasteiger partial charge >= 0.3 is 0 Å². The lowest BCUT2D eigenvalue weighted by Gasteiger charge is -2.29. The molecule has 1 fully saturated rings. The van der Waals surface area contributed by atoms with Crippen LogP contribution in [0.25, 0.3) is 5.65 Å². The molecular formula is C19H26N8. The zero-order valence-electron chi connectivity index (χ0n) is 15.9. The minimum Gasteiger partial charge on any atom is -0.351 e. The van der Waals surface area contributed by atoms with E-state index in [2.05, 4.69) is 39.5 Å². The molecule has 4 rings (SSSR count). The van der Waals surface area contributed by atoms with Gasteiger partial charge in [-0.25, -0.2) is 9.97 Å². The van der Waals surface area contributed by atoms with Crippen LogP contribution < -0.4 is 10.6 Å². The van der Waals surface area contributed by atoms with Gasteiger partial charge < -0.3 is 10.6 Å². The van der Waals surface area contributed by atoms with Crippen LogP contribution in [0.4, 0.5) is 11.9 Å². The third kappa shape index (κ3) is 3.84. The zero-order valence-corrected chi connectivity index (χ0v) is 15.9. The number of aryl methyl sites for hydroxylation is 1. The van der Waals surface area contributed by atoms with Crippen LogP contribution >= 0.6 is 0 Å². The third-order valence-electron chi connectivity index (χ3n) is 5.31. The molecule has 0 amide bonds. The first-order valence-corrected chi connectivity index (χ1v) is 9.73. The molecule has 0 bridgehead atoms. The molecule has 1 aliphatic carbocycles. The standard InChI is InChI=1S/C19H26N8/c1-3-15-11-23-27-17(15)25-18(24-16-7-5-4-6-13(16)2)26-19(27)22-10-14-8-20-12-21-9-14/h8-9,11-13,16H,3-7,10H2,1-2H3,(H2,22,24,25,26)/t13-,16+/m1/s1. The lowest BCUT2D eigenvalue weighted by atomic mass is 9.86. The predicted molar refractivity (Wildman–Crippen MR) is 105 cm³/mol. The van der Waals surface area contributed by atoms with Gasteiger partial charge in [-0.05, 0) is 25.2 Å². The van der Waals surface area contributed by atoms with Crippen molar-refractivity contribution in [3.8, 4) is 0 Å². The Morgan fingerprint density at radius 1 is 1.11 bits per heavy atom. The number of fused-ring (bicyclic) bond motifs is 1. The van der Waals surface area contributed by atoms with Crippen LogP contribution in [0.3, 0.4) is 0 Å². The summed E-state index contributed by atoms with van der Waals surface area (Å²) in [7, 11) is 0. The molecule has 0 spiro atoms. The maximum Gasteiger partial charge on any atom is 0.229 e. The lowest BCUT2D eigenvalue weighted by Crippen LogP contribution is -2.31. The van der Waals surface area contributed by atoms with E-state index in [-0.39, 0.29) is 0 Å². The number of nitrogens with zero attached hydrogens (tertiary/aromatic N) is 6. The molecule has 1 saturated carbocycles. The molecule has 0 aromatic carbocycles. The Morgan fingerprint density at radius 2 is 1.93 bits per heavy atom. The van der Waals surface area contributed by atoms with E-state index in [4.69, 9.17) is 9.97 Å². The van der Waals surface area contributed by atoms with Crippen LogP contribution in [0.15, 0.2) is 24.9 Å². The van der Waals surface area contributed by atoms with E-state index in [1.165, 1.54) is 32.0 Å². The van der Waals surface area contributed by atoms with Crippen molar-refractivity contribution in [1.29, 1.82) is 0 Å². The number of aromatic nitrogens is 6. The Bertz CT molecular complexity index is 891. The Balaban J connectivity index is 1.63. The Morgan fingerprint density at radius 3 is 2.70 bits per heavy atom. The Labute approximate surface area is 158 Å². The van der Waals surface area contributed by atoms with Gasteiger partial charge in [-0.1, -0.05) is 26.7 Å². The van der Waals surface area contributed by atoms with Crippen LogP contribution in [0, 0.1) is 5.92 Å². The summed E-state index contributed by atoms with van der Waals surface area (Å²) < 4.78 is 1.78. The summed E-state index contributed by atoms with van der Waals surface area (Å²) >= 11 is 0. The molecule has 1 aliphatic rings. The highest BCUT2D eigenvalue weighted by molar-refractivity contribution is 5.54.